The molecule has 1 N–H and O–H groups in total. The van der Waals surface area contributed by atoms with Crippen molar-refractivity contribution in [1.82, 2.24) is 19.6 Å². The van der Waals surface area contributed by atoms with E-state index in [4.69, 9.17) is 4.42 Å². The Kier molecular flexibility index (Phi) is 4.50. The predicted octanol–water partition coefficient (Wildman–Crippen LogP) is 2.35. The first-order valence-corrected chi connectivity index (χ1v) is 9.09. The number of likely N-dealkylation sites (tertiary alicyclic amines) is 1. The summed E-state index contributed by atoms with van der Waals surface area (Å²) in [6.07, 6.45) is 5.59. The van der Waals surface area contributed by atoms with Crippen molar-refractivity contribution in [2.24, 2.45) is 5.92 Å². The fourth-order valence-electron chi connectivity index (χ4n) is 3.12. The highest BCUT2D eigenvalue weighted by Gasteiger charge is 2.34. The normalized spacial score (nSPS) is 17.2. The highest BCUT2D eigenvalue weighted by Crippen LogP contribution is 2.21. The number of carbonyl (C=O) groups excluding carboxylic acids is 2. The molecule has 134 valence electrons. The van der Waals surface area contributed by atoms with Crippen LogP contribution in [0.2, 0.25) is 0 Å². The van der Waals surface area contributed by atoms with E-state index >= 15 is 0 Å². The van der Waals surface area contributed by atoms with Gasteiger partial charge in [-0.1, -0.05) is 0 Å². The van der Waals surface area contributed by atoms with Crippen molar-refractivity contribution in [3.05, 3.63) is 58.8 Å². The molecule has 4 rings (SSSR count). The van der Waals surface area contributed by atoms with Gasteiger partial charge in [0.05, 0.1) is 31.0 Å². The molecule has 0 saturated carbocycles. The largest absolute Gasteiger partial charge is 0.467 e. The molecule has 1 aliphatic rings. The van der Waals surface area contributed by atoms with Crippen molar-refractivity contribution in [3.63, 3.8) is 0 Å². The number of hydrogen-bond acceptors (Lipinski definition) is 4. The van der Waals surface area contributed by atoms with Gasteiger partial charge in [-0.3, -0.25) is 9.59 Å². The summed E-state index contributed by atoms with van der Waals surface area (Å²) in [5.74, 6) is 0.219. The third-order valence-electron chi connectivity index (χ3n) is 4.42. The number of pyridine rings is 1. The average Bonchev–Trinajstić information content (AvgIpc) is 3.33. The summed E-state index contributed by atoms with van der Waals surface area (Å²) in [4.78, 5) is 30.7. The molecule has 4 heterocycles. The van der Waals surface area contributed by atoms with Crippen LogP contribution in [0, 0.1) is 5.92 Å². The van der Waals surface area contributed by atoms with Crippen LogP contribution in [0.4, 0.5) is 0 Å². The van der Waals surface area contributed by atoms with E-state index in [9.17, 15) is 9.59 Å². The zero-order valence-electron chi connectivity index (χ0n) is 13.9. The van der Waals surface area contributed by atoms with E-state index in [1.807, 2.05) is 35.0 Å². The van der Waals surface area contributed by atoms with Gasteiger partial charge in [-0.25, -0.2) is 4.98 Å². The maximum atomic E-state index is 12.4. The third-order valence-corrected chi connectivity index (χ3v) is 4.89. The summed E-state index contributed by atoms with van der Waals surface area (Å²) < 4.78 is 8.13. The van der Waals surface area contributed by atoms with Gasteiger partial charge in [0.1, 0.15) is 11.4 Å². The fraction of sp³-hybridized carbons (Fsp3) is 0.278. The van der Waals surface area contributed by atoms with Crippen LogP contribution in [0.1, 0.15) is 17.9 Å². The summed E-state index contributed by atoms with van der Waals surface area (Å²) >= 11 is 3.42. The van der Waals surface area contributed by atoms with Crippen molar-refractivity contribution in [1.29, 1.82) is 0 Å². The van der Waals surface area contributed by atoms with Crippen molar-refractivity contribution >= 4 is 33.4 Å². The van der Waals surface area contributed by atoms with Gasteiger partial charge in [0, 0.05) is 29.8 Å². The lowest BCUT2D eigenvalue weighted by Crippen LogP contribution is -2.32. The zero-order chi connectivity index (χ0) is 18.1. The van der Waals surface area contributed by atoms with Crippen LogP contribution < -0.4 is 5.32 Å². The van der Waals surface area contributed by atoms with Gasteiger partial charge in [-0.15, -0.1) is 0 Å². The number of nitrogens with zero attached hydrogens (tertiary/aromatic N) is 3. The Bertz CT molecular complexity index is 951. The van der Waals surface area contributed by atoms with Gasteiger partial charge in [-0.2, -0.15) is 0 Å². The van der Waals surface area contributed by atoms with E-state index in [-0.39, 0.29) is 24.2 Å². The van der Waals surface area contributed by atoms with Crippen LogP contribution in [0.15, 0.2) is 51.8 Å². The summed E-state index contributed by atoms with van der Waals surface area (Å²) in [6.45, 7) is 1.14. The Hall–Kier alpha value is -2.61. The molecule has 1 saturated heterocycles. The molecule has 1 unspecified atom stereocenters. The van der Waals surface area contributed by atoms with Crippen LogP contribution in [0.5, 0.6) is 0 Å². The minimum atomic E-state index is -0.344. The Balaban J connectivity index is 1.35. The molecule has 8 heteroatoms. The van der Waals surface area contributed by atoms with Gasteiger partial charge in [-0.05, 0) is 40.2 Å². The van der Waals surface area contributed by atoms with Crippen molar-refractivity contribution in [2.45, 2.75) is 19.5 Å². The minimum Gasteiger partial charge on any atom is -0.467 e. The van der Waals surface area contributed by atoms with Crippen LogP contribution in [-0.4, -0.2) is 32.6 Å². The molecule has 1 atom stereocenters. The number of carbonyl (C=O) groups is 2. The second kappa shape index (κ2) is 6.95. The van der Waals surface area contributed by atoms with E-state index in [1.165, 1.54) is 0 Å². The molecule has 26 heavy (non-hydrogen) atoms. The SMILES string of the molecule is O=C(NCc1cn2cc(Br)ccc2n1)C1CC(=O)N(Cc2ccco2)C1. The van der Waals surface area contributed by atoms with E-state index in [0.717, 1.165) is 21.6 Å². The number of nitrogens with one attached hydrogen (secondary N) is 1. The molecule has 0 bridgehead atoms. The summed E-state index contributed by atoms with van der Waals surface area (Å²) in [6, 6.07) is 7.43. The molecular formula is C18H17BrN4O3. The second-order valence-corrected chi connectivity index (χ2v) is 7.23. The van der Waals surface area contributed by atoms with Crippen LogP contribution in [0.3, 0.4) is 0 Å². The Labute approximate surface area is 158 Å². The average molecular weight is 417 g/mol. The molecule has 0 spiro atoms. The van der Waals surface area contributed by atoms with E-state index in [1.54, 1.807) is 17.2 Å². The van der Waals surface area contributed by atoms with E-state index in [0.29, 0.717) is 19.6 Å². The van der Waals surface area contributed by atoms with Crippen molar-refractivity contribution in [2.75, 3.05) is 6.54 Å². The number of aromatic nitrogens is 2. The van der Waals surface area contributed by atoms with Gasteiger partial charge in [0.15, 0.2) is 0 Å². The van der Waals surface area contributed by atoms with Crippen molar-refractivity contribution in [3.8, 4) is 0 Å². The monoisotopic (exact) mass is 416 g/mol. The molecule has 3 aromatic rings. The quantitative estimate of drug-likeness (QED) is 0.692. The number of fused-ring (bicyclic) bond motifs is 1. The summed E-state index contributed by atoms with van der Waals surface area (Å²) in [7, 11) is 0. The summed E-state index contributed by atoms with van der Waals surface area (Å²) in [5.41, 5.74) is 1.59. The topological polar surface area (TPSA) is 79.9 Å². The van der Waals surface area contributed by atoms with Crippen LogP contribution >= 0.6 is 15.9 Å². The molecule has 0 aliphatic carbocycles. The smallest absolute Gasteiger partial charge is 0.225 e. The standard InChI is InChI=1S/C18H17BrN4O3/c19-13-3-4-16-21-14(10-22(16)9-13)7-20-18(25)12-6-17(24)23(8-12)11-15-2-1-5-26-15/h1-5,9-10,12H,6-8,11H2,(H,20,25). The van der Waals surface area contributed by atoms with Gasteiger partial charge in [0.25, 0.3) is 0 Å². The minimum absolute atomic E-state index is 0.0286. The lowest BCUT2D eigenvalue weighted by Gasteiger charge is -2.14. The maximum Gasteiger partial charge on any atom is 0.225 e. The number of imidazole rings is 1. The Morgan fingerprint density at radius 1 is 1.35 bits per heavy atom. The maximum absolute atomic E-state index is 12.4. The molecule has 0 radical (unpaired) electrons. The first-order chi connectivity index (χ1) is 12.6. The Morgan fingerprint density at radius 3 is 3.04 bits per heavy atom. The molecule has 3 aromatic heterocycles. The van der Waals surface area contributed by atoms with E-state index in [2.05, 4.69) is 26.2 Å². The van der Waals surface area contributed by atoms with Crippen molar-refractivity contribution < 1.29 is 14.0 Å². The zero-order valence-corrected chi connectivity index (χ0v) is 15.5. The molecule has 7 nitrogen and oxygen atoms in total. The predicted molar refractivity (Wildman–Crippen MR) is 97.0 cm³/mol. The Morgan fingerprint density at radius 2 is 2.23 bits per heavy atom. The molecular weight excluding hydrogens is 400 g/mol. The highest BCUT2D eigenvalue weighted by atomic mass is 79.9. The van der Waals surface area contributed by atoms with Gasteiger partial charge < -0.3 is 19.0 Å². The van der Waals surface area contributed by atoms with Crippen LogP contribution in [0.25, 0.3) is 5.65 Å². The number of rotatable bonds is 5. The summed E-state index contributed by atoms with van der Waals surface area (Å²) in [5, 5.41) is 2.89. The lowest BCUT2D eigenvalue weighted by molar-refractivity contribution is -0.129. The number of amides is 2. The van der Waals surface area contributed by atoms with Gasteiger partial charge >= 0.3 is 0 Å². The molecule has 0 aromatic carbocycles. The van der Waals surface area contributed by atoms with E-state index < -0.39 is 0 Å². The molecule has 1 fully saturated rings. The molecule has 2 amide bonds. The van der Waals surface area contributed by atoms with Gasteiger partial charge in [0.2, 0.25) is 11.8 Å². The third kappa shape index (κ3) is 3.50. The number of halogens is 1. The second-order valence-electron chi connectivity index (χ2n) is 6.32. The lowest BCUT2D eigenvalue weighted by atomic mass is 10.1. The first kappa shape index (κ1) is 16.8. The number of hydrogen-bond donors (Lipinski definition) is 1. The highest BCUT2D eigenvalue weighted by molar-refractivity contribution is 9.10. The van der Waals surface area contributed by atoms with Crippen LogP contribution in [-0.2, 0) is 22.7 Å². The number of furan rings is 1. The fourth-order valence-corrected chi connectivity index (χ4v) is 3.47. The molecule has 1 aliphatic heterocycles. The first-order valence-electron chi connectivity index (χ1n) is 8.29.